The number of rotatable bonds is 6. The van der Waals surface area contributed by atoms with Gasteiger partial charge in [-0.3, -0.25) is 4.79 Å². The summed E-state index contributed by atoms with van der Waals surface area (Å²) in [5.41, 5.74) is -0.511. The molecule has 2 amide bonds. The summed E-state index contributed by atoms with van der Waals surface area (Å²) in [6.07, 6.45) is 1.01. The van der Waals surface area contributed by atoms with E-state index in [2.05, 4.69) is 15.6 Å². The summed E-state index contributed by atoms with van der Waals surface area (Å²) in [7, 11) is 0. The largest absolute Gasteiger partial charge is 0.444 e. The fourth-order valence-electron chi connectivity index (χ4n) is 1.33. The monoisotopic (exact) mass is 345 g/mol. The van der Waals surface area contributed by atoms with Crippen LogP contribution >= 0.6 is 23.4 Å². The summed E-state index contributed by atoms with van der Waals surface area (Å²) >= 11 is 7.12. The van der Waals surface area contributed by atoms with Crippen LogP contribution in [0.15, 0.2) is 18.3 Å². The molecule has 0 bridgehead atoms. The Kier molecular flexibility index (Phi) is 7.47. The number of carbonyl (C=O) groups is 2. The topological polar surface area (TPSA) is 80.3 Å². The summed E-state index contributed by atoms with van der Waals surface area (Å²) < 4.78 is 5.10. The molecule has 8 heteroatoms. The maximum absolute atomic E-state index is 11.7. The highest BCUT2D eigenvalue weighted by molar-refractivity contribution is 7.99. The van der Waals surface area contributed by atoms with Crippen LogP contribution in [0.4, 0.5) is 10.6 Å². The van der Waals surface area contributed by atoms with Crippen molar-refractivity contribution in [3.63, 3.8) is 0 Å². The molecule has 0 spiro atoms. The van der Waals surface area contributed by atoms with E-state index in [-0.39, 0.29) is 11.7 Å². The average molecular weight is 346 g/mol. The minimum absolute atomic E-state index is 0.155. The Morgan fingerprint density at radius 1 is 1.36 bits per heavy atom. The van der Waals surface area contributed by atoms with Crippen LogP contribution < -0.4 is 10.6 Å². The van der Waals surface area contributed by atoms with Gasteiger partial charge < -0.3 is 15.4 Å². The van der Waals surface area contributed by atoms with Crippen molar-refractivity contribution in [3.05, 3.63) is 23.4 Å². The van der Waals surface area contributed by atoms with E-state index in [9.17, 15) is 9.59 Å². The Labute approximate surface area is 139 Å². The van der Waals surface area contributed by atoms with Crippen LogP contribution in [-0.2, 0) is 9.53 Å². The van der Waals surface area contributed by atoms with Crippen molar-refractivity contribution >= 4 is 41.2 Å². The van der Waals surface area contributed by atoms with Crippen molar-refractivity contribution in [1.29, 1.82) is 0 Å². The fourth-order valence-corrected chi connectivity index (χ4v) is 2.09. The highest BCUT2D eigenvalue weighted by Crippen LogP contribution is 2.10. The van der Waals surface area contributed by atoms with Crippen LogP contribution in [0.2, 0.25) is 5.02 Å². The van der Waals surface area contributed by atoms with E-state index in [1.807, 2.05) is 0 Å². The maximum atomic E-state index is 11.7. The van der Waals surface area contributed by atoms with Gasteiger partial charge in [-0.2, -0.15) is 11.8 Å². The Balaban J connectivity index is 2.13. The fraction of sp³-hybridized carbons (Fsp3) is 0.500. The van der Waals surface area contributed by atoms with E-state index < -0.39 is 11.7 Å². The standard InChI is InChI=1S/C14H20ClN3O3S/c1-14(2,3)21-13(20)16-6-7-22-9-12(19)18-11-5-4-10(15)8-17-11/h4-5,8H,6-7,9H2,1-3H3,(H,16,20)(H,17,18,19). The van der Waals surface area contributed by atoms with Gasteiger partial charge in [0, 0.05) is 18.5 Å². The first-order valence-electron chi connectivity index (χ1n) is 6.72. The van der Waals surface area contributed by atoms with Crippen molar-refractivity contribution in [2.75, 3.05) is 23.4 Å². The molecule has 2 N–H and O–H groups in total. The number of pyridine rings is 1. The molecule has 6 nitrogen and oxygen atoms in total. The highest BCUT2D eigenvalue weighted by atomic mass is 35.5. The molecule has 22 heavy (non-hydrogen) atoms. The second kappa shape index (κ2) is 8.85. The van der Waals surface area contributed by atoms with E-state index >= 15 is 0 Å². The molecule has 1 aromatic heterocycles. The quantitative estimate of drug-likeness (QED) is 0.775. The van der Waals surface area contributed by atoms with Crippen molar-refractivity contribution in [3.8, 4) is 0 Å². The van der Waals surface area contributed by atoms with Crippen LogP contribution in [0.1, 0.15) is 20.8 Å². The van der Waals surface area contributed by atoms with E-state index in [0.717, 1.165) is 0 Å². The summed E-state index contributed by atoms with van der Waals surface area (Å²) in [4.78, 5) is 27.0. The van der Waals surface area contributed by atoms with Crippen molar-refractivity contribution in [2.24, 2.45) is 0 Å². The number of nitrogens with one attached hydrogen (secondary N) is 2. The molecule has 0 saturated carbocycles. The number of nitrogens with zero attached hydrogens (tertiary/aromatic N) is 1. The van der Waals surface area contributed by atoms with Gasteiger partial charge >= 0.3 is 6.09 Å². The van der Waals surface area contributed by atoms with E-state index in [1.165, 1.54) is 18.0 Å². The number of hydrogen-bond donors (Lipinski definition) is 2. The average Bonchev–Trinajstić information content (AvgIpc) is 2.39. The van der Waals surface area contributed by atoms with Crippen LogP contribution in [0.25, 0.3) is 0 Å². The van der Waals surface area contributed by atoms with E-state index in [1.54, 1.807) is 32.9 Å². The molecule has 1 rings (SSSR count). The van der Waals surface area contributed by atoms with Gasteiger partial charge in [0.2, 0.25) is 5.91 Å². The number of anilines is 1. The van der Waals surface area contributed by atoms with Crippen molar-refractivity contribution in [2.45, 2.75) is 26.4 Å². The minimum atomic E-state index is -0.511. The molecule has 1 aromatic rings. The first-order valence-corrected chi connectivity index (χ1v) is 8.25. The molecule has 0 radical (unpaired) electrons. The molecule has 0 unspecified atom stereocenters. The summed E-state index contributed by atoms with van der Waals surface area (Å²) in [5.74, 6) is 1.19. The van der Waals surface area contributed by atoms with Gasteiger partial charge in [-0.25, -0.2) is 9.78 Å². The van der Waals surface area contributed by atoms with E-state index in [0.29, 0.717) is 23.1 Å². The lowest BCUT2D eigenvalue weighted by molar-refractivity contribution is -0.113. The molecule has 1 heterocycles. The third kappa shape index (κ3) is 8.74. The molecule has 0 aliphatic heterocycles. The van der Waals surface area contributed by atoms with Crippen LogP contribution in [-0.4, -0.2) is 40.6 Å². The van der Waals surface area contributed by atoms with Gasteiger partial charge in [0.25, 0.3) is 0 Å². The number of carbonyl (C=O) groups excluding carboxylic acids is 2. The summed E-state index contributed by atoms with van der Waals surface area (Å²) in [6.45, 7) is 5.84. The number of amides is 2. The third-order valence-corrected chi connectivity index (χ3v) is 3.33. The predicted molar refractivity (Wildman–Crippen MR) is 89.4 cm³/mol. The molecule has 0 fully saturated rings. The van der Waals surface area contributed by atoms with Gasteiger partial charge in [-0.05, 0) is 32.9 Å². The lowest BCUT2D eigenvalue weighted by Gasteiger charge is -2.19. The second-order valence-electron chi connectivity index (χ2n) is 5.39. The normalized spacial score (nSPS) is 10.9. The smallest absolute Gasteiger partial charge is 0.407 e. The van der Waals surface area contributed by atoms with Crippen LogP contribution in [0.5, 0.6) is 0 Å². The van der Waals surface area contributed by atoms with Crippen LogP contribution in [0, 0.1) is 0 Å². The molecule has 0 saturated heterocycles. The first kappa shape index (κ1) is 18.6. The number of aromatic nitrogens is 1. The Bertz CT molecular complexity index is 503. The van der Waals surface area contributed by atoms with Gasteiger partial charge in [0.05, 0.1) is 10.8 Å². The van der Waals surface area contributed by atoms with Gasteiger partial charge in [-0.15, -0.1) is 0 Å². The number of thioether (sulfide) groups is 1. The van der Waals surface area contributed by atoms with Crippen LogP contribution in [0.3, 0.4) is 0 Å². The number of ether oxygens (including phenoxy) is 1. The van der Waals surface area contributed by atoms with Gasteiger partial charge in [0.1, 0.15) is 11.4 Å². The summed E-state index contributed by atoms with van der Waals surface area (Å²) in [6, 6.07) is 3.29. The molecular weight excluding hydrogens is 326 g/mol. The third-order valence-electron chi connectivity index (χ3n) is 2.14. The molecule has 0 atom stereocenters. The van der Waals surface area contributed by atoms with Gasteiger partial charge in [0.15, 0.2) is 0 Å². The highest BCUT2D eigenvalue weighted by Gasteiger charge is 2.15. The molecule has 0 aliphatic rings. The Morgan fingerprint density at radius 3 is 2.68 bits per heavy atom. The van der Waals surface area contributed by atoms with Crippen molar-refractivity contribution < 1.29 is 14.3 Å². The number of halogens is 1. The number of hydrogen-bond acceptors (Lipinski definition) is 5. The molecular formula is C14H20ClN3O3S. The Morgan fingerprint density at radius 2 is 2.09 bits per heavy atom. The maximum Gasteiger partial charge on any atom is 0.407 e. The minimum Gasteiger partial charge on any atom is -0.444 e. The molecule has 122 valence electrons. The lowest BCUT2D eigenvalue weighted by Crippen LogP contribution is -2.33. The predicted octanol–water partition coefficient (Wildman–Crippen LogP) is 2.93. The molecule has 0 aromatic carbocycles. The second-order valence-corrected chi connectivity index (χ2v) is 6.93. The van der Waals surface area contributed by atoms with Gasteiger partial charge in [-0.1, -0.05) is 11.6 Å². The zero-order valence-electron chi connectivity index (χ0n) is 12.8. The first-order chi connectivity index (χ1) is 10.3. The van der Waals surface area contributed by atoms with Crippen molar-refractivity contribution in [1.82, 2.24) is 10.3 Å². The lowest BCUT2D eigenvalue weighted by atomic mass is 10.2. The Hall–Kier alpha value is -1.47. The zero-order valence-corrected chi connectivity index (χ0v) is 14.4. The summed E-state index contributed by atoms with van der Waals surface area (Å²) in [5, 5.41) is 5.80. The van der Waals surface area contributed by atoms with E-state index in [4.69, 9.17) is 16.3 Å². The zero-order chi connectivity index (χ0) is 16.6. The number of alkyl carbamates (subject to hydrolysis) is 1. The molecule has 0 aliphatic carbocycles. The SMILES string of the molecule is CC(C)(C)OC(=O)NCCSCC(=O)Nc1ccc(Cl)cn1.